The van der Waals surface area contributed by atoms with E-state index < -0.39 is 0 Å². The van der Waals surface area contributed by atoms with Gasteiger partial charge in [-0.15, -0.1) is 15.3 Å². The third-order valence-corrected chi connectivity index (χ3v) is 4.87. The molecule has 8 nitrogen and oxygen atoms in total. The van der Waals surface area contributed by atoms with Crippen molar-refractivity contribution in [2.75, 3.05) is 19.8 Å². The molecule has 4 aromatic rings. The van der Waals surface area contributed by atoms with Gasteiger partial charge in [-0.05, 0) is 36.8 Å². The number of halogens is 1. The van der Waals surface area contributed by atoms with Crippen molar-refractivity contribution in [1.29, 1.82) is 0 Å². The van der Waals surface area contributed by atoms with Crippen LogP contribution in [-0.2, 0) is 4.79 Å². The Morgan fingerprint density at radius 3 is 2.71 bits per heavy atom. The highest BCUT2D eigenvalue weighted by Crippen LogP contribution is 2.21. The van der Waals surface area contributed by atoms with Crippen molar-refractivity contribution in [3.05, 3.63) is 71.2 Å². The third-order valence-electron chi connectivity index (χ3n) is 4.44. The molecule has 0 spiro atoms. The molecule has 0 bridgehead atoms. The molecule has 1 amide bonds. The molecule has 0 atom stereocenters. The first kappa shape index (κ1) is 20.6. The van der Waals surface area contributed by atoms with Gasteiger partial charge in [-0.3, -0.25) is 4.79 Å². The van der Waals surface area contributed by atoms with E-state index in [1.54, 1.807) is 34.8 Å². The number of hydrogen-bond acceptors (Lipinski definition) is 6. The number of ether oxygens (including phenoxy) is 2. The van der Waals surface area contributed by atoms with E-state index in [0.29, 0.717) is 34.7 Å². The molecule has 0 aliphatic carbocycles. The lowest BCUT2D eigenvalue weighted by Gasteiger charge is -2.09. The second-order valence-corrected chi connectivity index (χ2v) is 7.14. The molecule has 0 fully saturated rings. The topological polar surface area (TPSA) is 90.6 Å². The highest BCUT2D eigenvalue weighted by molar-refractivity contribution is 6.31. The molecule has 9 heteroatoms. The maximum Gasteiger partial charge on any atom is 0.258 e. The number of aryl methyl sites for hydroxylation is 1. The number of carbonyl (C=O) groups excluding carboxylic acids is 1. The van der Waals surface area contributed by atoms with Gasteiger partial charge in [0.2, 0.25) is 5.88 Å². The summed E-state index contributed by atoms with van der Waals surface area (Å²) in [5.74, 6) is 1.38. The molecule has 1 N–H and O–H groups in total. The van der Waals surface area contributed by atoms with Crippen LogP contribution in [0, 0.1) is 6.92 Å². The fourth-order valence-electron chi connectivity index (χ4n) is 2.87. The van der Waals surface area contributed by atoms with Crippen LogP contribution >= 0.6 is 11.6 Å². The molecule has 158 valence electrons. The maximum atomic E-state index is 12.0. The lowest BCUT2D eigenvalue weighted by atomic mass is 10.2. The first-order valence-electron chi connectivity index (χ1n) is 9.66. The van der Waals surface area contributed by atoms with Gasteiger partial charge >= 0.3 is 0 Å². The number of benzene rings is 2. The zero-order valence-electron chi connectivity index (χ0n) is 16.8. The highest BCUT2D eigenvalue weighted by Gasteiger charge is 2.10. The summed E-state index contributed by atoms with van der Waals surface area (Å²) >= 11 is 5.98. The maximum absolute atomic E-state index is 12.0. The SMILES string of the molecule is Cc1cc(OCC(=O)NCCOc2ccc3nnc(-c4ccccc4)n3n2)ccc1Cl. The van der Waals surface area contributed by atoms with E-state index >= 15 is 0 Å². The van der Waals surface area contributed by atoms with E-state index in [-0.39, 0.29) is 19.1 Å². The second-order valence-electron chi connectivity index (χ2n) is 6.73. The Kier molecular flexibility index (Phi) is 6.28. The van der Waals surface area contributed by atoms with Gasteiger partial charge in [0.25, 0.3) is 5.91 Å². The number of nitrogens with one attached hydrogen (secondary N) is 1. The predicted octanol–water partition coefficient (Wildman–Crippen LogP) is 3.33. The monoisotopic (exact) mass is 437 g/mol. The number of carbonyl (C=O) groups is 1. The molecule has 0 radical (unpaired) electrons. The van der Waals surface area contributed by atoms with Crippen LogP contribution in [-0.4, -0.2) is 45.5 Å². The van der Waals surface area contributed by atoms with Crippen molar-refractivity contribution in [3.8, 4) is 23.0 Å². The lowest BCUT2D eigenvalue weighted by Crippen LogP contribution is -2.32. The van der Waals surface area contributed by atoms with Crippen LogP contribution in [0.1, 0.15) is 5.56 Å². The average Bonchev–Trinajstić information content (AvgIpc) is 3.21. The zero-order chi connectivity index (χ0) is 21.6. The van der Waals surface area contributed by atoms with E-state index in [0.717, 1.165) is 11.1 Å². The molecule has 2 aromatic heterocycles. The number of nitrogens with zero attached hydrogens (tertiary/aromatic N) is 4. The normalized spacial score (nSPS) is 10.8. The fourth-order valence-corrected chi connectivity index (χ4v) is 2.99. The number of aromatic nitrogens is 4. The average molecular weight is 438 g/mol. The predicted molar refractivity (Wildman–Crippen MR) is 116 cm³/mol. The minimum Gasteiger partial charge on any atom is -0.484 e. The standard InChI is InChI=1S/C22H20ClN5O3/c1-15-13-17(7-8-18(15)23)31-14-20(29)24-11-12-30-21-10-9-19-25-26-22(28(19)27-21)16-5-3-2-4-6-16/h2-10,13H,11-12,14H2,1H3,(H,24,29). The third kappa shape index (κ3) is 5.10. The van der Waals surface area contributed by atoms with Crippen LogP contribution in [0.25, 0.3) is 17.0 Å². The summed E-state index contributed by atoms with van der Waals surface area (Å²) in [4.78, 5) is 12.0. The van der Waals surface area contributed by atoms with Gasteiger partial charge in [0.1, 0.15) is 12.4 Å². The smallest absolute Gasteiger partial charge is 0.258 e. The first-order valence-corrected chi connectivity index (χ1v) is 10.0. The van der Waals surface area contributed by atoms with Crippen LogP contribution in [0.3, 0.4) is 0 Å². The Hall–Kier alpha value is -3.65. The molecule has 0 aliphatic heterocycles. The Bertz CT molecular complexity index is 1200. The van der Waals surface area contributed by atoms with Gasteiger partial charge in [0.15, 0.2) is 18.1 Å². The summed E-state index contributed by atoms with van der Waals surface area (Å²) in [6.07, 6.45) is 0. The lowest BCUT2D eigenvalue weighted by molar-refractivity contribution is -0.123. The van der Waals surface area contributed by atoms with E-state index in [9.17, 15) is 4.79 Å². The van der Waals surface area contributed by atoms with Crippen molar-refractivity contribution in [2.24, 2.45) is 0 Å². The van der Waals surface area contributed by atoms with Crippen LogP contribution in [0.15, 0.2) is 60.7 Å². The zero-order valence-corrected chi connectivity index (χ0v) is 17.5. The van der Waals surface area contributed by atoms with E-state index in [1.165, 1.54) is 0 Å². The molecule has 2 heterocycles. The van der Waals surface area contributed by atoms with Crippen molar-refractivity contribution in [1.82, 2.24) is 25.1 Å². The van der Waals surface area contributed by atoms with E-state index in [1.807, 2.05) is 37.3 Å². The van der Waals surface area contributed by atoms with Gasteiger partial charge in [0, 0.05) is 16.7 Å². The van der Waals surface area contributed by atoms with Gasteiger partial charge < -0.3 is 14.8 Å². The van der Waals surface area contributed by atoms with Crippen molar-refractivity contribution in [2.45, 2.75) is 6.92 Å². The molecule has 4 rings (SSSR count). The van der Waals surface area contributed by atoms with Gasteiger partial charge in [-0.2, -0.15) is 4.52 Å². The quantitative estimate of drug-likeness (QED) is 0.425. The van der Waals surface area contributed by atoms with Crippen molar-refractivity contribution in [3.63, 3.8) is 0 Å². The fraction of sp³-hybridized carbons (Fsp3) is 0.182. The van der Waals surface area contributed by atoms with Crippen molar-refractivity contribution < 1.29 is 14.3 Å². The second kappa shape index (κ2) is 9.44. The minimum absolute atomic E-state index is 0.0908. The number of hydrogen-bond donors (Lipinski definition) is 1. The van der Waals surface area contributed by atoms with E-state index in [4.69, 9.17) is 21.1 Å². The first-order chi connectivity index (χ1) is 15.1. The summed E-state index contributed by atoms with van der Waals surface area (Å²) in [6, 6.07) is 18.4. The summed E-state index contributed by atoms with van der Waals surface area (Å²) in [5, 5.41) is 16.2. The number of rotatable bonds is 8. The van der Waals surface area contributed by atoms with Crippen LogP contribution in [0.4, 0.5) is 0 Å². The Morgan fingerprint density at radius 1 is 1.06 bits per heavy atom. The summed E-state index contributed by atoms with van der Waals surface area (Å²) in [6.45, 7) is 2.36. The van der Waals surface area contributed by atoms with Crippen molar-refractivity contribution >= 4 is 23.2 Å². The summed E-state index contributed by atoms with van der Waals surface area (Å²) in [5.41, 5.74) is 2.41. The molecule has 0 saturated heterocycles. The van der Waals surface area contributed by atoms with Crippen LogP contribution < -0.4 is 14.8 Å². The highest BCUT2D eigenvalue weighted by atomic mass is 35.5. The Labute approximate surface area is 183 Å². The molecular weight excluding hydrogens is 418 g/mol. The number of fused-ring (bicyclic) bond motifs is 1. The van der Waals surface area contributed by atoms with Crippen LogP contribution in [0.2, 0.25) is 5.02 Å². The molecule has 31 heavy (non-hydrogen) atoms. The van der Waals surface area contributed by atoms with Gasteiger partial charge in [-0.1, -0.05) is 41.9 Å². The van der Waals surface area contributed by atoms with Crippen LogP contribution in [0.5, 0.6) is 11.6 Å². The molecule has 0 aliphatic rings. The number of amides is 1. The van der Waals surface area contributed by atoms with Gasteiger partial charge in [0.05, 0.1) is 6.54 Å². The molecular formula is C22H20ClN5O3. The minimum atomic E-state index is -0.246. The molecule has 2 aromatic carbocycles. The Morgan fingerprint density at radius 2 is 1.90 bits per heavy atom. The molecule has 0 saturated carbocycles. The van der Waals surface area contributed by atoms with E-state index in [2.05, 4.69) is 20.6 Å². The summed E-state index contributed by atoms with van der Waals surface area (Å²) < 4.78 is 12.8. The van der Waals surface area contributed by atoms with Gasteiger partial charge in [-0.25, -0.2) is 0 Å². The largest absolute Gasteiger partial charge is 0.484 e. The molecule has 0 unspecified atom stereocenters. The Balaban J connectivity index is 1.27. The summed E-state index contributed by atoms with van der Waals surface area (Å²) in [7, 11) is 0.